The van der Waals surface area contributed by atoms with E-state index in [0.29, 0.717) is 54.4 Å². The van der Waals surface area contributed by atoms with Crippen LogP contribution in [0.1, 0.15) is 27.0 Å². The van der Waals surface area contributed by atoms with E-state index in [1.54, 1.807) is 41.4 Å². The number of hydrazine groups is 1. The fourth-order valence-electron chi connectivity index (χ4n) is 4.26. The van der Waals surface area contributed by atoms with Crippen LogP contribution < -0.4 is 26.6 Å². The van der Waals surface area contributed by atoms with Crippen LogP contribution in [0.5, 0.6) is 5.75 Å². The number of halogens is 2. The Morgan fingerprint density at radius 1 is 1.05 bits per heavy atom. The maximum atomic E-state index is 14.1. The van der Waals surface area contributed by atoms with Gasteiger partial charge in [0.15, 0.2) is 5.78 Å². The minimum Gasteiger partial charge on any atom is -0.496 e. The van der Waals surface area contributed by atoms with Crippen molar-refractivity contribution in [1.29, 1.82) is 0 Å². The number of anilines is 2. The topological polar surface area (TPSA) is 118 Å². The molecule has 1 fully saturated rings. The zero-order valence-corrected chi connectivity index (χ0v) is 22.2. The van der Waals surface area contributed by atoms with Gasteiger partial charge in [0, 0.05) is 48.2 Å². The largest absolute Gasteiger partial charge is 0.496 e. The van der Waals surface area contributed by atoms with Crippen molar-refractivity contribution in [2.24, 2.45) is 5.84 Å². The molecule has 0 radical (unpaired) electrons. The van der Waals surface area contributed by atoms with Gasteiger partial charge in [-0.15, -0.1) is 0 Å². The highest BCUT2D eigenvalue weighted by molar-refractivity contribution is 6.12. The molecule has 3 aromatic rings. The number of rotatable bonds is 10. The average Bonchev–Trinajstić information content (AvgIpc) is 2.97. The average molecular weight is 552 g/mol. The summed E-state index contributed by atoms with van der Waals surface area (Å²) in [5.74, 6) is 4.26. The fraction of sp³-hybridized carbons (Fsp3) is 0.241. The Balaban J connectivity index is 1.52. The third kappa shape index (κ3) is 6.74. The minimum absolute atomic E-state index is 0.0529. The van der Waals surface area contributed by atoms with Crippen molar-refractivity contribution < 1.29 is 27.8 Å². The van der Waals surface area contributed by atoms with Crippen molar-refractivity contribution in [1.82, 2.24) is 15.6 Å². The van der Waals surface area contributed by atoms with Gasteiger partial charge >= 0.3 is 0 Å². The van der Waals surface area contributed by atoms with Crippen LogP contribution in [0.4, 0.5) is 20.2 Å². The number of nitrogens with zero attached hydrogens (tertiary/aromatic N) is 1. The Kier molecular flexibility index (Phi) is 9.31. The number of nitrogens with two attached hydrogens (primary N) is 1. The number of hydrogen-bond acceptors (Lipinski definition) is 8. The highest BCUT2D eigenvalue weighted by Gasteiger charge is 2.19. The Morgan fingerprint density at radius 3 is 2.52 bits per heavy atom. The molecule has 9 nitrogen and oxygen atoms in total. The van der Waals surface area contributed by atoms with E-state index in [1.807, 2.05) is 13.0 Å². The molecule has 40 heavy (non-hydrogen) atoms. The number of hydrogen-bond donors (Lipinski definition) is 4. The smallest absolute Gasteiger partial charge is 0.242 e. The zero-order chi connectivity index (χ0) is 28.6. The Morgan fingerprint density at radius 2 is 1.82 bits per heavy atom. The number of aryl methyl sites for hydroxylation is 1. The summed E-state index contributed by atoms with van der Waals surface area (Å²) in [5.41, 5.74) is 5.73. The van der Waals surface area contributed by atoms with E-state index in [4.69, 9.17) is 15.3 Å². The number of carbonyl (C=O) groups excluding carboxylic acids is 2. The molecular formula is C29H31F2N5O4. The summed E-state index contributed by atoms with van der Waals surface area (Å²) in [7, 11) is 1.43. The second-order valence-corrected chi connectivity index (χ2v) is 9.10. The van der Waals surface area contributed by atoms with Crippen molar-refractivity contribution in [2.45, 2.75) is 6.92 Å². The first-order valence-corrected chi connectivity index (χ1v) is 12.6. The number of methoxy groups -OCH3 is 1. The van der Waals surface area contributed by atoms with E-state index in [0.717, 1.165) is 17.7 Å². The molecule has 0 spiro atoms. The molecule has 1 aliphatic heterocycles. The number of ether oxygens (including phenoxy) is 2. The Hall–Kier alpha value is -4.48. The first-order chi connectivity index (χ1) is 19.3. The zero-order valence-electron chi connectivity index (χ0n) is 22.2. The Bertz CT molecular complexity index is 1420. The highest BCUT2D eigenvalue weighted by Crippen LogP contribution is 2.30. The molecule has 11 heteroatoms. The van der Waals surface area contributed by atoms with E-state index in [9.17, 15) is 18.4 Å². The summed E-state index contributed by atoms with van der Waals surface area (Å²) in [6.45, 7) is 4.05. The van der Waals surface area contributed by atoms with E-state index < -0.39 is 11.6 Å². The number of amides is 1. The maximum absolute atomic E-state index is 14.1. The predicted molar refractivity (Wildman–Crippen MR) is 148 cm³/mol. The molecule has 0 aliphatic carbocycles. The molecule has 0 unspecified atom stereocenters. The molecule has 0 atom stereocenters. The number of carbonyl (C=O) groups is 2. The number of benzene rings is 3. The molecule has 1 saturated heterocycles. The fourth-order valence-corrected chi connectivity index (χ4v) is 4.26. The first-order valence-electron chi connectivity index (χ1n) is 12.6. The van der Waals surface area contributed by atoms with Gasteiger partial charge < -0.3 is 30.4 Å². The van der Waals surface area contributed by atoms with E-state index in [1.165, 1.54) is 13.2 Å². The van der Waals surface area contributed by atoms with Crippen LogP contribution in [0.15, 0.2) is 60.8 Å². The highest BCUT2D eigenvalue weighted by atomic mass is 19.1. The van der Waals surface area contributed by atoms with Crippen molar-refractivity contribution >= 4 is 28.8 Å². The molecule has 0 bridgehead atoms. The lowest BCUT2D eigenvalue weighted by atomic mass is 9.95. The third-order valence-corrected chi connectivity index (χ3v) is 6.47. The van der Waals surface area contributed by atoms with E-state index in [2.05, 4.69) is 16.1 Å². The summed E-state index contributed by atoms with van der Waals surface area (Å²) >= 11 is 0. The predicted octanol–water partition coefficient (Wildman–Crippen LogP) is 3.47. The van der Waals surface area contributed by atoms with Crippen LogP contribution in [0, 0.1) is 18.6 Å². The number of ketones is 1. The molecule has 4 rings (SSSR count). The second-order valence-electron chi connectivity index (χ2n) is 9.10. The van der Waals surface area contributed by atoms with Crippen LogP contribution in [-0.2, 0) is 9.53 Å². The van der Waals surface area contributed by atoms with E-state index in [-0.39, 0.29) is 29.7 Å². The normalized spacial score (nSPS) is 13.5. The molecule has 1 heterocycles. The van der Waals surface area contributed by atoms with Gasteiger partial charge in [-0.1, -0.05) is 12.1 Å². The van der Waals surface area contributed by atoms with Gasteiger partial charge in [-0.05, 0) is 42.8 Å². The lowest BCUT2D eigenvalue weighted by molar-refractivity contribution is -0.134. The van der Waals surface area contributed by atoms with Crippen molar-refractivity contribution in [3.63, 3.8) is 0 Å². The standard InChI is InChI=1S/C29H31F2N5O4/c1-18-3-4-19(26(35-32)16-33-17-28(37)36-9-11-40-12-10-36)13-23(18)29(38)22-7-6-21(15-27(22)39-2)34-25-8-5-20(30)14-24(25)31/h3-8,13-16,33-35H,9-12,17,32H2,1-2H3/b26-16-. The quantitative estimate of drug-likeness (QED) is 0.172. The van der Waals surface area contributed by atoms with E-state index >= 15 is 0 Å². The molecule has 1 amide bonds. The molecule has 0 aromatic heterocycles. The summed E-state index contributed by atoms with van der Waals surface area (Å²) < 4.78 is 38.1. The molecule has 0 saturated carbocycles. The van der Waals surface area contributed by atoms with Crippen molar-refractivity contribution in [2.75, 3.05) is 45.3 Å². The van der Waals surface area contributed by atoms with Crippen LogP contribution in [0.2, 0.25) is 0 Å². The number of nitrogens with one attached hydrogen (secondary N) is 3. The molecule has 210 valence electrons. The van der Waals surface area contributed by atoms with Gasteiger partial charge in [0.05, 0.1) is 43.8 Å². The molecular weight excluding hydrogens is 520 g/mol. The summed E-state index contributed by atoms with van der Waals surface area (Å²) in [6, 6.07) is 13.3. The monoisotopic (exact) mass is 551 g/mol. The van der Waals surface area contributed by atoms with Gasteiger partial charge in [-0.3, -0.25) is 15.4 Å². The van der Waals surface area contributed by atoms with Gasteiger partial charge in [-0.25, -0.2) is 8.78 Å². The molecule has 1 aliphatic rings. The third-order valence-electron chi connectivity index (χ3n) is 6.47. The SMILES string of the molecule is COc1cc(Nc2ccc(F)cc2F)ccc1C(=O)c1cc(/C(=C/NCC(=O)N2CCOCC2)NN)ccc1C. The summed E-state index contributed by atoms with van der Waals surface area (Å²) in [5, 5.41) is 5.85. The summed E-state index contributed by atoms with van der Waals surface area (Å²) in [4.78, 5) is 27.7. The molecule has 3 aromatic carbocycles. The van der Waals surface area contributed by atoms with Gasteiger partial charge in [0.2, 0.25) is 5.91 Å². The van der Waals surface area contributed by atoms with Crippen molar-refractivity contribution in [3.05, 3.63) is 94.7 Å². The van der Waals surface area contributed by atoms with Crippen LogP contribution in [0.25, 0.3) is 5.70 Å². The van der Waals surface area contributed by atoms with Crippen LogP contribution >= 0.6 is 0 Å². The Labute approximate surface area is 230 Å². The molecule has 5 N–H and O–H groups in total. The van der Waals surface area contributed by atoms with Gasteiger partial charge in [0.25, 0.3) is 0 Å². The lowest BCUT2D eigenvalue weighted by Gasteiger charge is -2.26. The van der Waals surface area contributed by atoms with Gasteiger partial charge in [-0.2, -0.15) is 0 Å². The maximum Gasteiger partial charge on any atom is 0.242 e. The van der Waals surface area contributed by atoms with Crippen LogP contribution in [0.3, 0.4) is 0 Å². The lowest BCUT2D eigenvalue weighted by Crippen LogP contribution is -2.44. The van der Waals surface area contributed by atoms with Crippen LogP contribution in [-0.4, -0.2) is 56.5 Å². The first kappa shape index (κ1) is 28.5. The second kappa shape index (κ2) is 13.0. The minimum atomic E-state index is -0.746. The van der Waals surface area contributed by atoms with Gasteiger partial charge in [0.1, 0.15) is 17.4 Å². The number of morpholine rings is 1. The summed E-state index contributed by atoms with van der Waals surface area (Å²) in [6.07, 6.45) is 1.59. The van der Waals surface area contributed by atoms with Crippen molar-refractivity contribution in [3.8, 4) is 5.75 Å².